The van der Waals surface area contributed by atoms with Crippen molar-refractivity contribution in [2.75, 3.05) is 38.5 Å². The van der Waals surface area contributed by atoms with Crippen LogP contribution in [0.4, 0.5) is 5.69 Å². The number of ether oxygens (including phenoxy) is 1. The predicted molar refractivity (Wildman–Crippen MR) is 84.3 cm³/mol. The number of anilines is 1. The van der Waals surface area contributed by atoms with Crippen molar-refractivity contribution in [2.24, 2.45) is 0 Å². The lowest BCUT2D eigenvalue weighted by atomic mass is 10.2. The fourth-order valence-electron chi connectivity index (χ4n) is 2.51. The molecule has 1 aliphatic rings. The van der Waals surface area contributed by atoms with Gasteiger partial charge in [0.1, 0.15) is 5.75 Å². The van der Waals surface area contributed by atoms with Crippen LogP contribution in [0.1, 0.15) is 20.3 Å². The highest BCUT2D eigenvalue weighted by atomic mass is 16.5. The Morgan fingerprint density at radius 3 is 2.57 bits per heavy atom. The summed E-state index contributed by atoms with van der Waals surface area (Å²) in [4.78, 5) is 16.5. The monoisotopic (exact) mass is 291 g/mol. The summed E-state index contributed by atoms with van der Waals surface area (Å²) >= 11 is 0. The normalized spacial score (nSPS) is 17.5. The highest BCUT2D eigenvalue weighted by Crippen LogP contribution is 2.19. The first-order valence-electron chi connectivity index (χ1n) is 7.61. The zero-order chi connectivity index (χ0) is 15.2. The molecule has 0 aliphatic carbocycles. The molecule has 1 amide bonds. The van der Waals surface area contributed by atoms with Crippen LogP contribution >= 0.6 is 0 Å². The highest BCUT2D eigenvalue weighted by Gasteiger charge is 2.23. The molecule has 1 heterocycles. The van der Waals surface area contributed by atoms with Crippen molar-refractivity contribution in [3.8, 4) is 5.75 Å². The lowest BCUT2D eigenvalue weighted by molar-refractivity contribution is -0.135. The van der Waals surface area contributed by atoms with Gasteiger partial charge >= 0.3 is 0 Å². The van der Waals surface area contributed by atoms with Gasteiger partial charge < -0.3 is 15.4 Å². The van der Waals surface area contributed by atoms with Crippen LogP contribution < -0.4 is 10.5 Å². The summed E-state index contributed by atoms with van der Waals surface area (Å²) in [6.45, 7) is 7.91. The lowest BCUT2D eigenvalue weighted by Crippen LogP contribution is -2.52. The molecule has 1 fully saturated rings. The molecule has 1 unspecified atom stereocenters. The molecule has 0 radical (unpaired) electrons. The van der Waals surface area contributed by atoms with E-state index in [2.05, 4.69) is 18.7 Å². The Hall–Kier alpha value is -1.75. The summed E-state index contributed by atoms with van der Waals surface area (Å²) in [5.74, 6) is 0.603. The summed E-state index contributed by atoms with van der Waals surface area (Å²) in [6.07, 6.45) is 1.14. The highest BCUT2D eigenvalue weighted by molar-refractivity contribution is 5.78. The van der Waals surface area contributed by atoms with Crippen molar-refractivity contribution in [3.63, 3.8) is 0 Å². The van der Waals surface area contributed by atoms with Gasteiger partial charge in [0.25, 0.3) is 5.91 Å². The van der Waals surface area contributed by atoms with E-state index in [0.29, 0.717) is 17.5 Å². The second-order valence-corrected chi connectivity index (χ2v) is 5.50. The van der Waals surface area contributed by atoms with E-state index in [9.17, 15) is 4.79 Å². The maximum absolute atomic E-state index is 12.2. The number of carbonyl (C=O) groups excluding carboxylic acids is 1. The molecule has 116 valence electrons. The largest absolute Gasteiger partial charge is 0.482 e. The van der Waals surface area contributed by atoms with Crippen LogP contribution in [-0.4, -0.2) is 54.5 Å². The molecule has 0 spiro atoms. The minimum Gasteiger partial charge on any atom is -0.482 e. The number of nitrogens with zero attached hydrogens (tertiary/aromatic N) is 2. The quantitative estimate of drug-likeness (QED) is 0.837. The van der Waals surface area contributed by atoms with Crippen LogP contribution in [0.5, 0.6) is 5.75 Å². The molecular formula is C16H25N3O2. The van der Waals surface area contributed by atoms with Crippen LogP contribution in [0.3, 0.4) is 0 Å². The van der Waals surface area contributed by atoms with E-state index in [-0.39, 0.29) is 12.5 Å². The third kappa shape index (κ3) is 4.11. The molecular weight excluding hydrogens is 266 g/mol. The number of carbonyl (C=O) groups is 1. The molecule has 0 aromatic heterocycles. The van der Waals surface area contributed by atoms with E-state index in [1.807, 2.05) is 17.0 Å². The standard InChI is InChI=1S/C16H25N3O2/c1-3-13(2)18-8-10-19(11-9-18)16(20)12-21-15-7-5-4-6-14(15)17/h4-7,13H,3,8-12,17H2,1-2H3. The number of hydrogen-bond donors (Lipinski definition) is 1. The van der Waals surface area contributed by atoms with E-state index in [1.165, 1.54) is 0 Å². The summed E-state index contributed by atoms with van der Waals surface area (Å²) in [5, 5.41) is 0. The number of piperazine rings is 1. The Bertz CT molecular complexity index is 470. The fourth-order valence-corrected chi connectivity index (χ4v) is 2.51. The van der Waals surface area contributed by atoms with Gasteiger partial charge in [0.15, 0.2) is 6.61 Å². The zero-order valence-corrected chi connectivity index (χ0v) is 12.9. The predicted octanol–water partition coefficient (Wildman–Crippen LogP) is 1.59. The van der Waals surface area contributed by atoms with Crippen molar-refractivity contribution >= 4 is 11.6 Å². The molecule has 21 heavy (non-hydrogen) atoms. The average Bonchev–Trinajstić information content (AvgIpc) is 2.53. The second-order valence-electron chi connectivity index (χ2n) is 5.50. The smallest absolute Gasteiger partial charge is 0.260 e. The SMILES string of the molecule is CCC(C)N1CCN(C(=O)COc2ccccc2N)CC1. The number of benzene rings is 1. The van der Waals surface area contributed by atoms with Gasteiger partial charge in [-0.3, -0.25) is 9.69 Å². The van der Waals surface area contributed by atoms with Crippen molar-refractivity contribution in [2.45, 2.75) is 26.3 Å². The van der Waals surface area contributed by atoms with Crippen molar-refractivity contribution in [3.05, 3.63) is 24.3 Å². The maximum atomic E-state index is 12.2. The Morgan fingerprint density at radius 1 is 1.29 bits per heavy atom. The van der Waals surface area contributed by atoms with Gasteiger partial charge in [-0.25, -0.2) is 0 Å². The average molecular weight is 291 g/mol. The number of hydrogen-bond acceptors (Lipinski definition) is 4. The third-order valence-electron chi connectivity index (χ3n) is 4.15. The number of nitrogens with two attached hydrogens (primary N) is 1. The molecule has 2 rings (SSSR count). The number of nitrogen functional groups attached to an aromatic ring is 1. The van der Waals surface area contributed by atoms with E-state index in [1.54, 1.807) is 12.1 Å². The summed E-state index contributed by atoms with van der Waals surface area (Å²) in [6, 6.07) is 7.83. The minimum absolute atomic E-state index is 0.0297. The van der Waals surface area contributed by atoms with Gasteiger partial charge in [0.2, 0.25) is 0 Å². The van der Waals surface area contributed by atoms with Crippen molar-refractivity contribution < 1.29 is 9.53 Å². The molecule has 1 aliphatic heterocycles. The van der Waals surface area contributed by atoms with Gasteiger partial charge in [-0.05, 0) is 25.5 Å². The topological polar surface area (TPSA) is 58.8 Å². The second kappa shape index (κ2) is 7.31. The molecule has 1 aromatic carbocycles. The number of amides is 1. The number of para-hydroxylation sites is 2. The molecule has 0 saturated carbocycles. The van der Waals surface area contributed by atoms with E-state index in [0.717, 1.165) is 32.6 Å². The van der Waals surface area contributed by atoms with E-state index < -0.39 is 0 Å². The summed E-state index contributed by atoms with van der Waals surface area (Å²) < 4.78 is 5.52. The maximum Gasteiger partial charge on any atom is 0.260 e. The molecule has 5 nitrogen and oxygen atoms in total. The van der Waals surface area contributed by atoms with Gasteiger partial charge in [-0.2, -0.15) is 0 Å². The Labute approximate surface area is 126 Å². The Morgan fingerprint density at radius 2 is 1.95 bits per heavy atom. The van der Waals surface area contributed by atoms with Gasteiger partial charge in [-0.15, -0.1) is 0 Å². The van der Waals surface area contributed by atoms with Crippen LogP contribution in [-0.2, 0) is 4.79 Å². The molecule has 5 heteroatoms. The Kier molecular flexibility index (Phi) is 5.44. The molecule has 1 saturated heterocycles. The van der Waals surface area contributed by atoms with Crippen LogP contribution in [0, 0.1) is 0 Å². The Balaban J connectivity index is 1.79. The molecule has 2 N–H and O–H groups in total. The fraction of sp³-hybridized carbons (Fsp3) is 0.562. The first-order chi connectivity index (χ1) is 10.1. The van der Waals surface area contributed by atoms with Crippen LogP contribution in [0.25, 0.3) is 0 Å². The van der Waals surface area contributed by atoms with Gasteiger partial charge in [-0.1, -0.05) is 19.1 Å². The molecule has 1 atom stereocenters. The lowest BCUT2D eigenvalue weighted by Gasteiger charge is -2.37. The number of rotatable bonds is 5. The van der Waals surface area contributed by atoms with Crippen LogP contribution in [0.2, 0.25) is 0 Å². The van der Waals surface area contributed by atoms with E-state index in [4.69, 9.17) is 10.5 Å². The van der Waals surface area contributed by atoms with E-state index >= 15 is 0 Å². The van der Waals surface area contributed by atoms with Crippen molar-refractivity contribution in [1.82, 2.24) is 9.80 Å². The van der Waals surface area contributed by atoms with Gasteiger partial charge in [0, 0.05) is 32.2 Å². The van der Waals surface area contributed by atoms with Crippen molar-refractivity contribution in [1.29, 1.82) is 0 Å². The zero-order valence-electron chi connectivity index (χ0n) is 12.9. The van der Waals surface area contributed by atoms with Gasteiger partial charge in [0.05, 0.1) is 5.69 Å². The summed E-state index contributed by atoms with van der Waals surface area (Å²) in [5.41, 5.74) is 6.36. The molecule has 1 aromatic rings. The summed E-state index contributed by atoms with van der Waals surface area (Å²) in [7, 11) is 0. The third-order valence-corrected chi connectivity index (χ3v) is 4.15. The first-order valence-corrected chi connectivity index (χ1v) is 7.61. The minimum atomic E-state index is 0.0297. The molecule has 0 bridgehead atoms. The first kappa shape index (κ1) is 15.6. The van der Waals surface area contributed by atoms with Crippen LogP contribution in [0.15, 0.2) is 24.3 Å².